The molecule has 1 aromatic heterocycles. The predicted molar refractivity (Wildman–Crippen MR) is 129 cm³/mol. The molecule has 0 radical (unpaired) electrons. The van der Waals surface area contributed by atoms with E-state index in [4.69, 9.17) is 0 Å². The number of hydrogen-bond acceptors (Lipinski definition) is 6. The quantitative estimate of drug-likeness (QED) is 0.575. The Labute approximate surface area is 199 Å². The van der Waals surface area contributed by atoms with Crippen LogP contribution in [0.2, 0.25) is 0 Å². The summed E-state index contributed by atoms with van der Waals surface area (Å²) in [7, 11) is -3.64. The second kappa shape index (κ2) is 10.5. The third kappa shape index (κ3) is 5.54. The molecule has 2 aliphatic heterocycles. The lowest BCUT2D eigenvalue weighted by molar-refractivity contribution is -0.126. The molecular weight excluding hydrogens is 458 g/mol. The van der Waals surface area contributed by atoms with Gasteiger partial charge in [-0.1, -0.05) is 18.2 Å². The first-order valence-corrected chi connectivity index (χ1v) is 13.8. The summed E-state index contributed by atoms with van der Waals surface area (Å²) >= 11 is 1.72. The monoisotopic (exact) mass is 489 g/mol. The van der Waals surface area contributed by atoms with Crippen molar-refractivity contribution in [3.05, 3.63) is 52.2 Å². The molecule has 0 aliphatic carbocycles. The van der Waals surface area contributed by atoms with Crippen LogP contribution in [0.25, 0.3) is 0 Å². The smallest absolute Gasteiger partial charge is 0.243 e. The molecular formula is C24H31N3O4S2. The van der Waals surface area contributed by atoms with Crippen LogP contribution in [0.15, 0.2) is 46.7 Å². The van der Waals surface area contributed by atoms with Crippen LogP contribution in [-0.4, -0.2) is 62.0 Å². The van der Waals surface area contributed by atoms with Crippen LogP contribution in [0.4, 0.5) is 0 Å². The molecule has 178 valence electrons. The highest BCUT2D eigenvalue weighted by molar-refractivity contribution is 7.89. The molecule has 33 heavy (non-hydrogen) atoms. The largest absolute Gasteiger partial charge is 0.354 e. The van der Waals surface area contributed by atoms with Crippen molar-refractivity contribution in [2.45, 2.75) is 43.5 Å². The zero-order valence-electron chi connectivity index (χ0n) is 18.9. The average molecular weight is 490 g/mol. The van der Waals surface area contributed by atoms with Crippen molar-refractivity contribution in [1.82, 2.24) is 14.5 Å². The third-order valence-corrected chi connectivity index (χ3v) is 9.53. The maximum absolute atomic E-state index is 13.0. The molecule has 0 spiro atoms. The van der Waals surface area contributed by atoms with Crippen molar-refractivity contribution in [3.63, 3.8) is 0 Å². The van der Waals surface area contributed by atoms with E-state index in [0.29, 0.717) is 38.0 Å². The first-order valence-electron chi connectivity index (χ1n) is 11.5. The second-order valence-electron chi connectivity index (χ2n) is 8.78. The number of ketones is 1. The first-order chi connectivity index (χ1) is 15.9. The van der Waals surface area contributed by atoms with Gasteiger partial charge in [0.1, 0.15) is 0 Å². The summed E-state index contributed by atoms with van der Waals surface area (Å²) < 4.78 is 27.4. The fourth-order valence-corrected chi connectivity index (χ4v) is 6.98. The number of likely N-dealkylation sites (tertiary alicyclic amines) is 1. The highest BCUT2D eigenvalue weighted by Crippen LogP contribution is 2.29. The second-order valence-corrected chi connectivity index (χ2v) is 11.7. The first kappa shape index (κ1) is 24.1. The summed E-state index contributed by atoms with van der Waals surface area (Å²) in [6.07, 6.45) is 3.40. The van der Waals surface area contributed by atoms with Crippen molar-refractivity contribution in [1.29, 1.82) is 0 Å². The van der Waals surface area contributed by atoms with Gasteiger partial charge in [-0.15, -0.1) is 11.3 Å². The van der Waals surface area contributed by atoms with Crippen LogP contribution in [0, 0.1) is 5.92 Å². The summed E-state index contributed by atoms with van der Waals surface area (Å²) in [5.74, 6) is -0.269. The Kier molecular flexibility index (Phi) is 7.63. The Morgan fingerprint density at radius 1 is 1.06 bits per heavy atom. The van der Waals surface area contributed by atoms with E-state index in [1.165, 1.54) is 41.1 Å². The van der Waals surface area contributed by atoms with Crippen molar-refractivity contribution in [2.75, 3.05) is 32.7 Å². The molecule has 2 aromatic rings. The Morgan fingerprint density at radius 3 is 2.30 bits per heavy atom. The van der Waals surface area contributed by atoms with Gasteiger partial charge in [-0.05, 0) is 69.3 Å². The maximum Gasteiger partial charge on any atom is 0.243 e. The van der Waals surface area contributed by atoms with Gasteiger partial charge in [0, 0.05) is 36.0 Å². The highest BCUT2D eigenvalue weighted by Gasteiger charge is 2.33. The van der Waals surface area contributed by atoms with Gasteiger partial charge in [-0.2, -0.15) is 4.31 Å². The van der Waals surface area contributed by atoms with Crippen LogP contribution in [-0.2, 0) is 14.8 Å². The maximum atomic E-state index is 13.0. The molecule has 0 bridgehead atoms. The van der Waals surface area contributed by atoms with Crippen LogP contribution < -0.4 is 5.32 Å². The summed E-state index contributed by atoms with van der Waals surface area (Å²) in [5, 5.41) is 5.22. The summed E-state index contributed by atoms with van der Waals surface area (Å²) in [6.45, 7) is 4.78. The SMILES string of the molecule is CC(=O)c1ccc(S(=O)(=O)N2CCC(C(=O)NCC(c3cccs3)N3CCCC3)CC2)cc1. The lowest BCUT2D eigenvalue weighted by Gasteiger charge is -2.32. The van der Waals surface area contributed by atoms with Crippen molar-refractivity contribution >= 4 is 33.1 Å². The molecule has 9 heteroatoms. The molecule has 2 aliphatic rings. The molecule has 2 fully saturated rings. The molecule has 1 unspecified atom stereocenters. The van der Waals surface area contributed by atoms with Gasteiger partial charge >= 0.3 is 0 Å². The fourth-order valence-electron chi connectivity index (χ4n) is 4.65. The van der Waals surface area contributed by atoms with E-state index < -0.39 is 10.0 Å². The van der Waals surface area contributed by atoms with E-state index in [1.807, 2.05) is 0 Å². The lowest BCUT2D eigenvalue weighted by Crippen LogP contribution is -2.44. The number of carbonyl (C=O) groups excluding carboxylic acids is 2. The number of benzene rings is 1. The van der Waals surface area contributed by atoms with Gasteiger partial charge in [0.25, 0.3) is 0 Å². The molecule has 7 nitrogen and oxygen atoms in total. The van der Waals surface area contributed by atoms with Crippen molar-refractivity contribution in [2.24, 2.45) is 5.92 Å². The van der Waals surface area contributed by atoms with Gasteiger partial charge in [0.05, 0.1) is 10.9 Å². The van der Waals surface area contributed by atoms with Gasteiger partial charge in [-0.3, -0.25) is 14.5 Å². The number of sulfonamides is 1. The van der Waals surface area contributed by atoms with E-state index in [1.54, 1.807) is 23.5 Å². The van der Waals surface area contributed by atoms with E-state index >= 15 is 0 Å². The number of hydrogen-bond donors (Lipinski definition) is 1. The van der Waals surface area contributed by atoms with Gasteiger partial charge in [0.2, 0.25) is 15.9 Å². The van der Waals surface area contributed by atoms with Crippen molar-refractivity contribution in [3.8, 4) is 0 Å². The molecule has 3 heterocycles. The Hall–Kier alpha value is -2.07. The van der Waals surface area contributed by atoms with Crippen LogP contribution in [0.5, 0.6) is 0 Å². The fraction of sp³-hybridized carbons (Fsp3) is 0.500. The van der Waals surface area contributed by atoms with E-state index in [2.05, 4.69) is 27.7 Å². The Morgan fingerprint density at radius 2 is 1.73 bits per heavy atom. The zero-order chi connectivity index (χ0) is 23.4. The number of thiophene rings is 1. The van der Waals surface area contributed by atoms with E-state index in [-0.39, 0.29) is 28.5 Å². The van der Waals surface area contributed by atoms with Gasteiger partial charge in [-0.25, -0.2) is 8.42 Å². The zero-order valence-corrected chi connectivity index (χ0v) is 20.5. The number of rotatable bonds is 8. The number of Topliss-reactive ketones (excluding diaryl/α,β-unsaturated/α-hetero) is 1. The number of amides is 1. The minimum absolute atomic E-state index is 0.0126. The minimum atomic E-state index is -3.64. The summed E-state index contributed by atoms with van der Waals surface area (Å²) in [6, 6.07) is 10.4. The molecule has 0 saturated carbocycles. The van der Waals surface area contributed by atoms with E-state index in [9.17, 15) is 18.0 Å². The summed E-state index contributed by atoms with van der Waals surface area (Å²) in [4.78, 5) is 28.2. The predicted octanol–water partition coefficient (Wildman–Crippen LogP) is 3.30. The standard InChI is InChI=1S/C24H31N3O4S2/c1-18(28)19-6-8-21(9-7-19)33(30,31)27-14-10-20(11-15-27)24(29)25-17-22(23-5-4-16-32-23)26-12-2-3-13-26/h4-9,16,20,22H,2-3,10-15,17H2,1H3,(H,25,29). The summed E-state index contributed by atoms with van der Waals surface area (Å²) in [5.41, 5.74) is 0.485. The molecule has 1 N–H and O–H groups in total. The normalized spacial score (nSPS) is 19.4. The lowest BCUT2D eigenvalue weighted by atomic mass is 9.97. The van der Waals surface area contributed by atoms with Crippen LogP contribution >= 0.6 is 11.3 Å². The number of nitrogens with one attached hydrogen (secondary N) is 1. The van der Waals surface area contributed by atoms with Gasteiger partial charge < -0.3 is 5.32 Å². The molecule has 2 saturated heterocycles. The Balaban J connectivity index is 1.32. The highest BCUT2D eigenvalue weighted by atomic mass is 32.2. The molecule has 4 rings (SSSR count). The number of piperidine rings is 1. The number of nitrogens with zero attached hydrogens (tertiary/aromatic N) is 2. The van der Waals surface area contributed by atoms with Crippen LogP contribution in [0.3, 0.4) is 0 Å². The number of carbonyl (C=O) groups is 2. The minimum Gasteiger partial charge on any atom is -0.354 e. The average Bonchev–Trinajstić information content (AvgIpc) is 3.54. The van der Waals surface area contributed by atoms with Gasteiger partial charge in [0.15, 0.2) is 5.78 Å². The van der Waals surface area contributed by atoms with E-state index in [0.717, 1.165) is 13.1 Å². The van der Waals surface area contributed by atoms with Crippen molar-refractivity contribution < 1.29 is 18.0 Å². The Bertz CT molecular complexity index is 1050. The third-order valence-electron chi connectivity index (χ3n) is 6.65. The molecule has 1 amide bonds. The molecule has 1 atom stereocenters. The molecule has 1 aromatic carbocycles. The topological polar surface area (TPSA) is 86.8 Å². The van der Waals surface area contributed by atoms with Crippen LogP contribution in [0.1, 0.15) is 53.9 Å².